The number of methoxy groups -OCH3 is 1. The third kappa shape index (κ3) is 3.90. The highest BCUT2D eigenvalue weighted by molar-refractivity contribution is 5.89. The Hall–Kier alpha value is -1.46. The van der Waals surface area contributed by atoms with Crippen LogP contribution in [0.2, 0.25) is 0 Å². The number of esters is 1. The molecule has 1 aromatic rings. The number of hydrogen-bond donors (Lipinski definition) is 0. The maximum Gasteiger partial charge on any atom is 0.340 e. The van der Waals surface area contributed by atoms with E-state index in [1.807, 2.05) is 0 Å². The molecule has 2 saturated heterocycles. The molecule has 1 aromatic carbocycles. The molecule has 0 aromatic heterocycles. The summed E-state index contributed by atoms with van der Waals surface area (Å²) < 4.78 is 23.8. The minimum absolute atomic E-state index is 0.0317. The van der Waals surface area contributed by atoms with E-state index < -0.39 is 11.8 Å². The lowest BCUT2D eigenvalue weighted by molar-refractivity contribution is 0.0411. The predicted octanol–water partition coefficient (Wildman–Crippen LogP) is 2.66. The van der Waals surface area contributed by atoms with Crippen molar-refractivity contribution >= 4 is 5.97 Å². The third-order valence-electron chi connectivity index (χ3n) is 4.98. The summed E-state index contributed by atoms with van der Waals surface area (Å²) in [5, 5.41) is 0. The van der Waals surface area contributed by atoms with Gasteiger partial charge in [0.2, 0.25) is 0 Å². The van der Waals surface area contributed by atoms with E-state index in [-0.39, 0.29) is 5.56 Å². The van der Waals surface area contributed by atoms with Gasteiger partial charge in [-0.1, -0.05) is 6.07 Å². The monoisotopic (exact) mass is 321 g/mol. The molecule has 3 rings (SSSR count). The number of rotatable bonds is 4. The van der Waals surface area contributed by atoms with Crippen LogP contribution in [0.3, 0.4) is 0 Å². The molecule has 2 aliphatic heterocycles. The lowest BCUT2D eigenvalue weighted by Gasteiger charge is -2.31. The van der Waals surface area contributed by atoms with Gasteiger partial charge in [0, 0.05) is 25.8 Å². The Bertz CT molecular complexity index is 557. The average Bonchev–Trinajstić information content (AvgIpc) is 3.05. The molecule has 5 heteroatoms. The maximum atomic E-state index is 13.7. The van der Waals surface area contributed by atoms with Crippen LogP contribution in [0.4, 0.5) is 4.39 Å². The van der Waals surface area contributed by atoms with Gasteiger partial charge in [-0.05, 0) is 55.8 Å². The second-order valence-electron chi connectivity index (χ2n) is 6.50. The molecule has 0 bridgehead atoms. The first kappa shape index (κ1) is 16.4. The fourth-order valence-corrected chi connectivity index (χ4v) is 3.71. The average molecular weight is 321 g/mol. The highest BCUT2D eigenvalue weighted by atomic mass is 19.1. The third-order valence-corrected chi connectivity index (χ3v) is 4.98. The van der Waals surface area contributed by atoms with Crippen molar-refractivity contribution in [3.8, 4) is 0 Å². The van der Waals surface area contributed by atoms with Crippen LogP contribution in [0.1, 0.15) is 35.2 Å². The van der Waals surface area contributed by atoms with Crippen molar-refractivity contribution < 1.29 is 18.7 Å². The number of carbonyl (C=O) groups excluding carboxylic acids is 1. The molecule has 0 amide bonds. The Labute approximate surface area is 136 Å². The molecular weight excluding hydrogens is 297 g/mol. The van der Waals surface area contributed by atoms with Gasteiger partial charge in [0.15, 0.2) is 0 Å². The summed E-state index contributed by atoms with van der Waals surface area (Å²) in [7, 11) is 1.27. The maximum absolute atomic E-state index is 13.7. The van der Waals surface area contributed by atoms with Crippen molar-refractivity contribution in [1.82, 2.24) is 4.90 Å². The number of carbonyl (C=O) groups is 1. The first-order chi connectivity index (χ1) is 11.2. The molecule has 0 aliphatic carbocycles. The molecular formula is C18H24FNO3. The van der Waals surface area contributed by atoms with Gasteiger partial charge in [-0.25, -0.2) is 9.18 Å². The van der Waals surface area contributed by atoms with Crippen molar-refractivity contribution in [3.63, 3.8) is 0 Å². The summed E-state index contributed by atoms with van der Waals surface area (Å²) in [6.45, 7) is 3.94. The largest absolute Gasteiger partial charge is 0.465 e. The minimum atomic E-state index is -0.611. The highest BCUT2D eigenvalue weighted by Crippen LogP contribution is 2.26. The Morgan fingerprint density at radius 3 is 2.87 bits per heavy atom. The molecule has 1 atom stereocenters. The van der Waals surface area contributed by atoms with E-state index in [2.05, 4.69) is 9.64 Å². The van der Waals surface area contributed by atoms with E-state index in [4.69, 9.17) is 4.74 Å². The zero-order chi connectivity index (χ0) is 16.2. The van der Waals surface area contributed by atoms with Crippen LogP contribution in [-0.4, -0.2) is 50.3 Å². The molecule has 2 fully saturated rings. The van der Waals surface area contributed by atoms with Crippen molar-refractivity contribution in [2.24, 2.45) is 5.92 Å². The first-order valence-corrected chi connectivity index (χ1v) is 8.36. The Balaban J connectivity index is 1.60. The van der Waals surface area contributed by atoms with Gasteiger partial charge in [-0.2, -0.15) is 0 Å². The van der Waals surface area contributed by atoms with E-state index >= 15 is 0 Å². The lowest BCUT2D eigenvalue weighted by atomic mass is 9.97. The Morgan fingerprint density at radius 1 is 1.35 bits per heavy atom. The normalized spacial score (nSPS) is 23.1. The van der Waals surface area contributed by atoms with Crippen LogP contribution in [0.5, 0.6) is 0 Å². The van der Waals surface area contributed by atoms with E-state index in [9.17, 15) is 9.18 Å². The summed E-state index contributed by atoms with van der Waals surface area (Å²) in [4.78, 5) is 14.2. The second-order valence-corrected chi connectivity index (χ2v) is 6.50. The van der Waals surface area contributed by atoms with Crippen molar-refractivity contribution in [3.05, 3.63) is 35.1 Å². The molecule has 0 saturated carbocycles. The predicted molar refractivity (Wildman–Crippen MR) is 85.0 cm³/mol. The zero-order valence-corrected chi connectivity index (χ0v) is 13.6. The fourth-order valence-electron chi connectivity index (χ4n) is 3.71. The molecule has 23 heavy (non-hydrogen) atoms. The van der Waals surface area contributed by atoms with Gasteiger partial charge < -0.3 is 9.47 Å². The van der Waals surface area contributed by atoms with E-state index in [1.54, 1.807) is 12.1 Å². The second kappa shape index (κ2) is 7.41. The number of hydrogen-bond acceptors (Lipinski definition) is 4. The van der Waals surface area contributed by atoms with E-state index in [0.717, 1.165) is 57.6 Å². The summed E-state index contributed by atoms with van der Waals surface area (Å²) in [5.74, 6) is -0.565. The van der Waals surface area contributed by atoms with Gasteiger partial charge in [0.1, 0.15) is 5.82 Å². The molecule has 2 heterocycles. The summed E-state index contributed by atoms with van der Waals surface area (Å²) in [5.41, 5.74) is 1.04. The Kier molecular flexibility index (Phi) is 5.28. The van der Waals surface area contributed by atoms with Crippen LogP contribution >= 0.6 is 0 Å². The molecule has 126 valence electrons. The van der Waals surface area contributed by atoms with Crippen LogP contribution in [0.25, 0.3) is 0 Å². The first-order valence-electron chi connectivity index (χ1n) is 8.36. The molecule has 0 radical (unpaired) electrons. The van der Waals surface area contributed by atoms with Crippen LogP contribution < -0.4 is 0 Å². The van der Waals surface area contributed by atoms with Gasteiger partial charge in [0.25, 0.3) is 0 Å². The standard InChI is InChI=1S/C18H24FNO3/c1-22-18(21)16-11-13(2-3-17(16)19)10-14-4-7-20(12-14)15-5-8-23-9-6-15/h2-3,11,14-15H,4-10,12H2,1H3. The number of halogens is 1. The fraction of sp³-hybridized carbons (Fsp3) is 0.611. The SMILES string of the molecule is COC(=O)c1cc(CC2CCN(C3CCOCC3)C2)ccc1F. The number of benzene rings is 1. The van der Waals surface area contributed by atoms with E-state index in [1.165, 1.54) is 13.2 Å². The quantitative estimate of drug-likeness (QED) is 0.799. The molecule has 1 unspecified atom stereocenters. The topological polar surface area (TPSA) is 38.8 Å². The molecule has 2 aliphatic rings. The van der Waals surface area contributed by atoms with E-state index in [0.29, 0.717) is 12.0 Å². The molecule has 0 N–H and O–H groups in total. The van der Waals surface area contributed by atoms with Crippen LogP contribution in [-0.2, 0) is 15.9 Å². The summed E-state index contributed by atoms with van der Waals surface area (Å²) in [6.07, 6.45) is 4.28. The summed E-state index contributed by atoms with van der Waals surface area (Å²) >= 11 is 0. The van der Waals surface area contributed by atoms with Crippen LogP contribution in [0, 0.1) is 11.7 Å². The highest BCUT2D eigenvalue weighted by Gasteiger charge is 2.29. The summed E-state index contributed by atoms with van der Waals surface area (Å²) in [6, 6.07) is 5.43. The lowest BCUT2D eigenvalue weighted by Crippen LogP contribution is -2.37. The van der Waals surface area contributed by atoms with Gasteiger partial charge in [-0.15, -0.1) is 0 Å². The number of nitrogens with zero attached hydrogens (tertiary/aromatic N) is 1. The van der Waals surface area contributed by atoms with Crippen LogP contribution in [0.15, 0.2) is 18.2 Å². The van der Waals surface area contributed by atoms with Crippen molar-refractivity contribution in [2.45, 2.75) is 31.7 Å². The van der Waals surface area contributed by atoms with Crippen molar-refractivity contribution in [1.29, 1.82) is 0 Å². The smallest absolute Gasteiger partial charge is 0.340 e. The number of ether oxygens (including phenoxy) is 2. The Morgan fingerprint density at radius 2 is 2.13 bits per heavy atom. The minimum Gasteiger partial charge on any atom is -0.465 e. The number of likely N-dealkylation sites (tertiary alicyclic amines) is 1. The van der Waals surface area contributed by atoms with Gasteiger partial charge in [0.05, 0.1) is 12.7 Å². The molecule has 0 spiro atoms. The van der Waals surface area contributed by atoms with Crippen molar-refractivity contribution in [2.75, 3.05) is 33.4 Å². The van der Waals surface area contributed by atoms with Gasteiger partial charge >= 0.3 is 5.97 Å². The van der Waals surface area contributed by atoms with Gasteiger partial charge in [-0.3, -0.25) is 4.90 Å². The zero-order valence-electron chi connectivity index (χ0n) is 13.6. The molecule has 4 nitrogen and oxygen atoms in total.